The molecule has 28 heavy (non-hydrogen) atoms. The number of halogens is 1. The van der Waals surface area contributed by atoms with E-state index in [-0.39, 0.29) is 35.1 Å². The van der Waals surface area contributed by atoms with Crippen LogP contribution in [0.25, 0.3) is 0 Å². The molecule has 4 aliphatic carbocycles. The lowest BCUT2D eigenvalue weighted by Gasteiger charge is -2.59. The van der Waals surface area contributed by atoms with Gasteiger partial charge in [0, 0.05) is 30.0 Å². The highest BCUT2D eigenvalue weighted by Gasteiger charge is 2.63. The van der Waals surface area contributed by atoms with E-state index in [1.54, 1.807) is 0 Å². The Balaban J connectivity index is 0.000000275. The van der Waals surface area contributed by atoms with Gasteiger partial charge in [-0.1, -0.05) is 13.8 Å². The van der Waals surface area contributed by atoms with E-state index in [0.29, 0.717) is 17.8 Å². The third-order valence-electron chi connectivity index (χ3n) is 9.22. The second-order valence-electron chi connectivity index (χ2n) is 10.6. The molecule has 4 nitrogen and oxygen atoms in total. The Labute approximate surface area is 168 Å². The van der Waals surface area contributed by atoms with Crippen LogP contribution in [0.1, 0.15) is 71.6 Å². The van der Waals surface area contributed by atoms with Gasteiger partial charge in [-0.05, 0) is 81.1 Å². The molecule has 5 fully saturated rings. The van der Waals surface area contributed by atoms with Gasteiger partial charge in [0.25, 0.3) is 0 Å². The predicted molar refractivity (Wildman–Crippen MR) is 108 cm³/mol. The first-order valence-corrected chi connectivity index (χ1v) is 11.4. The molecule has 1 heterocycles. The van der Waals surface area contributed by atoms with Crippen LogP contribution in [0.4, 0.5) is 4.39 Å². The van der Waals surface area contributed by atoms with E-state index in [1.807, 2.05) is 6.92 Å². The molecule has 1 aliphatic heterocycles. The summed E-state index contributed by atoms with van der Waals surface area (Å²) in [5.74, 6) is 1.74. The smallest absolute Gasteiger partial charge is 0.142 e. The minimum absolute atomic E-state index is 0.0297. The summed E-state index contributed by atoms with van der Waals surface area (Å²) in [5.41, 5.74) is 0.812. The zero-order valence-electron chi connectivity index (χ0n) is 17.5. The van der Waals surface area contributed by atoms with Crippen molar-refractivity contribution < 1.29 is 14.3 Å². The van der Waals surface area contributed by atoms with E-state index in [9.17, 15) is 9.18 Å². The minimum atomic E-state index is -0.910. The van der Waals surface area contributed by atoms with Gasteiger partial charge in [0.05, 0.1) is 6.10 Å². The minimum Gasteiger partial charge on any atom is -0.392 e. The van der Waals surface area contributed by atoms with Crippen molar-refractivity contribution in [3.8, 4) is 0 Å². The highest BCUT2D eigenvalue weighted by Crippen LogP contribution is 2.65. The van der Waals surface area contributed by atoms with Gasteiger partial charge in [-0.3, -0.25) is 4.79 Å². The van der Waals surface area contributed by atoms with Crippen molar-refractivity contribution in [3.05, 3.63) is 0 Å². The lowest BCUT2D eigenvalue weighted by molar-refractivity contribution is -0.138. The molecular formula is C23H37FN2O2. The number of Topliss-reactive ketones (excluding diaryl/α,β-unsaturated/α-hetero) is 1. The first-order valence-electron chi connectivity index (χ1n) is 11.4. The van der Waals surface area contributed by atoms with E-state index in [4.69, 9.17) is 10.5 Å². The molecule has 0 radical (unpaired) electrons. The van der Waals surface area contributed by atoms with Gasteiger partial charge in [0.2, 0.25) is 0 Å². The maximum atomic E-state index is 14.7. The van der Waals surface area contributed by atoms with Crippen molar-refractivity contribution >= 4 is 11.5 Å². The third-order valence-corrected chi connectivity index (χ3v) is 9.22. The second-order valence-corrected chi connectivity index (χ2v) is 10.6. The van der Waals surface area contributed by atoms with Crippen LogP contribution >= 0.6 is 0 Å². The lowest BCUT2D eigenvalue weighted by atomic mass is 9.45. The van der Waals surface area contributed by atoms with Crippen LogP contribution in [0.3, 0.4) is 0 Å². The highest BCUT2D eigenvalue weighted by atomic mass is 19.1. The van der Waals surface area contributed by atoms with Gasteiger partial charge in [-0.15, -0.1) is 0 Å². The number of carbonyl (C=O) groups is 1. The van der Waals surface area contributed by atoms with Crippen molar-refractivity contribution in [1.29, 1.82) is 5.41 Å². The predicted octanol–water partition coefficient (Wildman–Crippen LogP) is 3.91. The Hall–Kier alpha value is -0.810. The van der Waals surface area contributed by atoms with Gasteiger partial charge in [-0.25, -0.2) is 4.39 Å². The van der Waals surface area contributed by atoms with Crippen LogP contribution in [0.5, 0.6) is 0 Å². The van der Waals surface area contributed by atoms with E-state index in [1.165, 1.54) is 0 Å². The average molecular weight is 393 g/mol. The van der Waals surface area contributed by atoms with Gasteiger partial charge in [0.15, 0.2) is 0 Å². The van der Waals surface area contributed by atoms with E-state index < -0.39 is 6.17 Å². The molecule has 0 amide bonds. The monoisotopic (exact) mass is 392 g/mol. The first-order chi connectivity index (χ1) is 13.3. The van der Waals surface area contributed by atoms with Gasteiger partial charge in [0.1, 0.15) is 12.0 Å². The van der Waals surface area contributed by atoms with E-state index >= 15 is 0 Å². The Morgan fingerprint density at radius 3 is 2.57 bits per heavy atom. The SMILES string of the molecule is C[C@]12CCC(=N)CC1CCC1C2CC[C@]2(C)C(=O)CC(F)C12.OC1CCNC1. The molecule has 5 heteroatoms. The van der Waals surface area contributed by atoms with Crippen molar-refractivity contribution in [2.45, 2.75) is 83.9 Å². The Morgan fingerprint density at radius 1 is 1.14 bits per heavy atom. The number of β-amino-alcohol motifs (C(OH)–C–C–N with tert-alkyl or cyclic N) is 1. The first kappa shape index (κ1) is 20.5. The van der Waals surface area contributed by atoms with Crippen LogP contribution in [0, 0.1) is 39.9 Å². The van der Waals surface area contributed by atoms with Gasteiger partial charge in [-0.2, -0.15) is 0 Å². The number of carbonyl (C=O) groups excluding carboxylic acids is 1. The van der Waals surface area contributed by atoms with Crippen LogP contribution in [-0.2, 0) is 4.79 Å². The number of hydrogen-bond acceptors (Lipinski definition) is 4. The molecule has 0 aromatic heterocycles. The summed E-state index contributed by atoms with van der Waals surface area (Å²) in [6.07, 6.45) is 7.29. The van der Waals surface area contributed by atoms with E-state index in [2.05, 4.69) is 12.2 Å². The quantitative estimate of drug-likeness (QED) is 0.585. The fraction of sp³-hybridized carbons (Fsp3) is 0.913. The molecule has 0 bridgehead atoms. The van der Waals surface area contributed by atoms with Crippen LogP contribution in [-0.4, -0.2) is 42.0 Å². The number of nitrogens with one attached hydrogen (secondary N) is 2. The summed E-state index contributed by atoms with van der Waals surface area (Å²) in [6, 6.07) is 0. The second kappa shape index (κ2) is 7.46. The molecule has 5 rings (SSSR count). The molecule has 158 valence electrons. The van der Waals surface area contributed by atoms with Crippen LogP contribution < -0.4 is 5.32 Å². The van der Waals surface area contributed by atoms with Crippen molar-refractivity contribution in [3.63, 3.8) is 0 Å². The fourth-order valence-corrected chi connectivity index (χ4v) is 7.50. The summed E-state index contributed by atoms with van der Waals surface area (Å²) < 4.78 is 14.7. The normalized spacial score (nSPS) is 50.3. The lowest BCUT2D eigenvalue weighted by Crippen LogP contribution is -2.54. The molecule has 0 spiro atoms. The zero-order valence-corrected chi connectivity index (χ0v) is 17.5. The highest BCUT2D eigenvalue weighted by molar-refractivity contribution is 5.88. The standard InChI is InChI=1S/C19H28FNO.C4H9NO/c1-18-7-5-12(21)9-11(18)3-4-13-14(18)6-8-19(2)16(22)10-15(20)17(13)19;6-4-1-2-5-3-4/h11,13-15,17,21H,3-10H2,1-2H3;4-6H,1-3H2/t11?,13?,14?,15?,17?,18-,19+;/m0./s1. The zero-order chi connectivity index (χ0) is 20.1. The molecule has 5 aliphatic rings. The number of aliphatic hydroxyl groups excluding tert-OH is 1. The molecule has 4 saturated carbocycles. The van der Waals surface area contributed by atoms with E-state index in [0.717, 1.165) is 70.2 Å². The molecule has 3 N–H and O–H groups in total. The molecule has 0 aromatic carbocycles. The van der Waals surface area contributed by atoms with Crippen molar-refractivity contribution in [1.82, 2.24) is 5.32 Å². The Bertz CT molecular complexity index is 634. The topological polar surface area (TPSA) is 73.2 Å². The number of aliphatic hydroxyl groups is 1. The van der Waals surface area contributed by atoms with Crippen molar-refractivity contribution in [2.24, 2.45) is 34.5 Å². The summed E-state index contributed by atoms with van der Waals surface area (Å²) >= 11 is 0. The van der Waals surface area contributed by atoms with Crippen LogP contribution in [0.2, 0.25) is 0 Å². The number of rotatable bonds is 0. The summed E-state index contributed by atoms with van der Waals surface area (Å²) in [7, 11) is 0. The number of fused-ring (bicyclic) bond motifs is 5. The summed E-state index contributed by atoms with van der Waals surface area (Å²) in [5, 5.41) is 19.7. The summed E-state index contributed by atoms with van der Waals surface area (Å²) in [4.78, 5) is 12.4. The Morgan fingerprint density at radius 2 is 1.93 bits per heavy atom. The maximum absolute atomic E-state index is 14.7. The molecule has 8 atom stereocenters. The largest absolute Gasteiger partial charge is 0.392 e. The average Bonchev–Trinajstić information content (AvgIpc) is 3.21. The molecule has 0 aromatic rings. The Kier molecular flexibility index (Phi) is 5.45. The molecular weight excluding hydrogens is 355 g/mol. The molecule has 1 saturated heterocycles. The van der Waals surface area contributed by atoms with Gasteiger partial charge >= 0.3 is 0 Å². The fourth-order valence-electron chi connectivity index (χ4n) is 7.50. The summed E-state index contributed by atoms with van der Waals surface area (Å²) in [6.45, 7) is 6.23. The third kappa shape index (κ3) is 3.27. The maximum Gasteiger partial charge on any atom is 0.142 e. The number of alkyl halides is 1. The van der Waals surface area contributed by atoms with Gasteiger partial charge < -0.3 is 15.8 Å². The van der Waals surface area contributed by atoms with Crippen molar-refractivity contribution in [2.75, 3.05) is 13.1 Å². The number of hydrogen-bond donors (Lipinski definition) is 3. The number of ketones is 1. The molecule has 6 unspecified atom stereocenters. The van der Waals surface area contributed by atoms with Crippen LogP contribution in [0.15, 0.2) is 0 Å².